The molecule has 1 aromatic carbocycles. The molecule has 3 heteroatoms. The molecule has 0 atom stereocenters. The lowest BCUT2D eigenvalue weighted by atomic mass is 9.99. The minimum Gasteiger partial charge on any atom is -0.383 e. The van der Waals surface area contributed by atoms with E-state index in [1.54, 1.807) is 0 Å². The van der Waals surface area contributed by atoms with Crippen molar-refractivity contribution in [3.63, 3.8) is 0 Å². The molecule has 1 aromatic heterocycles. The summed E-state index contributed by atoms with van der Waals surface area (Å²) in [6, 6.07) is 8.53. The third-order valence-electron chi connectivity index (χ3n) is 3.14. The monoisotopic (exact) mass is 255 g/mol. The van der Waals surface area contributed by atoms with E-state index < -0.39 is 0 Å². The van der Waals surface area contributed by atoms with Crippen LogP contribution >= 0.6 is 0 Å². The Balaban J connectivity index is 2.47. The van der Waals surface area contributed by atoms with Gasteiger partial charge < -0.3 is 5.73 Å². The van der Waals surface area contributed by atoms with Gasteiger partial charge in [-0.05, 0) is 37.8 Å². The third kappa shape index (κ3) is 3.11. The van der Waals surface area contributed by atoms with Crippen LogP contribution in [0.4, 0.5) is 5.82 Å². The highest BCUT2D eigenvalue weighted by atomic mass is 14.9. The van der Waals surface area contributed by atoms with Gasteiger partial charge in [0.2, 0.25) is 0 Å². The fraction of sp³-hybridized carbons (Fsp3) is 0.375. The molecule has 0 amide bonds. The Bertz CT molecular complexity index is 589. The highest BCUT2D eigenvalue weighted by Crippen LogP contribution is 2.25. The SMILES string of the molecule is Cc1nc(N)c(C)c(-c2cccc(CC(C)C)c2)n1. The van der Waals surface area contributed by atoms with E-state index in [4.69, 9.17) is 5.73 Å². The van der Waals surface area contributed by atoms with Crippen LogP contribution in [0, 0.1) is 19.8 Å². The summed E-state index contributed by atoms with van der Waals surface area (Å²) in [5.41, 5.74) is 10.3. The number of hydrogen-bond donors (Lipinski definition) is 1. The maximum atomic E-state index is 5.93. The molecule has 1 heterocycles. The summed E-state index contributed by atoms with van der Waals surface area (Å²) >= 11 is 0. The zero-order valence-electron chi connectivity index (χ0n) is 12.1. The number of nitrogen functional groups attached to an aromatic ring is 1. The van der Waals surface area contributed by atoms with Gasteiger partial charge in [0.1, 0.15) is 11.6 Å². The van der Waals surface area contributed by atoms with E-state index in [1.807, 2.05) is 13.8 Å². The van der Waals surface area contributed by atoms with Gasteiger partial charge in [-0.15, -0.1) is 0 Å². The van der Waals surface area contributed by atoms with Gasteiger partial charge in [-0.3, -0.25) is 0 Å². The normalized spacial score (nSPS) is 11.0. The first kappa shape index (κ1) is 13.5. The highest BCUT2D eigenvalue weighted by Gasteiger charge is 2.09. The molecular formula is C16H21N3. The van der Waals surface area contributed by atoms with Crippen LogP contribution in [0.15, 0.2) is 24.3 Å². The second-order valence-corrected chi connectivity index (χ2v) is 5.43. The van der Waals surface area contributed by atoms with Crippen molar-refractivity contribution in [2.24, 2.45) is 5.92 Å². The summed E-state index contributed by atoms with van der Waals surface area (Å²) in [7, 11) is 0. The maximum absolute atomic E-state index is 5.93. The van der Waals surface area contributed by atoms with Crippen molar-refractivity contribution in [1.82, 2.24) is 9.97 Å². The highest BCUT2D eigenvalue weighted by molar-refractivity contribution is 5.67. The number of anilines is 1. The van der Waals surface area contributed by atoms with Gasteiger partial charge >= 0.3 is 0 Å². The summed E-state index contributed by atoms with van der Waals surface area (Å²) in [6.07, 6.45) is 1.08. The lowest BCUT2D eigenvalue weighted by molar-refractivity contribution is 0.647. The number of hydrogen-bond acceptors (Lipinski definition) is 3. The molecule has 0 aliphatic rings. The molecular weight excluding hydrogens is 234 g/mol. The fourth-order valence-corrected chi connectivity index (χ4v) is 2.25. The number of aromatic nitrogens is 2. The first-order valence-corrected chi connectivity index (χ1v) is 6.67. The third-order valence-corrected chi connectivity index (χ3v) is 3.14. The molecule has 2 rings (SSSR count). The van der Waals surface area contributed by atoms with Gasteiger partial charge in [0, 0.05) is 11.1 Å². The molecule has 100 valence electrons. The van der Waals surface area contributed by atoms with Crippen molar-refractivity contribution < 1.29 is 0 Å². The van der Waals surface area contributed by atoms with Gasteiger partial charge in [-0.1, -0.05) is 32.0 Å². The molecule has 19 heavy (non-hydrogen) atoms. The van der Waals surface area contributed by atoms with Gasteiger partial charge in [0.05, 0.1) is 5.69 Å². The summed E-state index contributed by atoms with van der Waals surface area (Å²) in [5.74, 6) is 1.93. The Morgan fingerprint density at radius 3 is 2.58 bits per heavy atom. The van der Waals surface area contributed by atoms with Crippen LogP contribution in [0.5, 0.6) is 0 Å². The summed E-state index contributed by atoms with van der Waals surface area (Å²) in [6.45, 7) is 8.30. The van der Waals surface area contributed by atoms with E-state index in [-0.39, 0.29) is 0 Å². The Kier molecular flexibility index (Phi) is 3.84. The van der Waals surface area contributed by atoms with Crippen molar-refractivity contribution in [3.8, 4) is 11.3 Å². The minimum atomic E-state index is 0.566. The summed E-state index contributed by atoms with van der Waals surface area (Å²) in [5, 5.41) is 0. The lowest BCUT2D eigenvalue weighted by Crippen LogP contribution is -2.02. The molecule has 0 spiro atoms. The Labute approximate surface area is 114 Å². The molecule has 0 bridgehead atoms. The van der Waals surface area contributed by atoms with Gasteiger partial charge in [0.15, 0.2) is 0 Å². The van der Waals surface area contributed by atoms with Crippen LogP contribution in [-0.4, -0.2) is 9.97 Å². The second kappa shape index (κ2) is 5.39. The predicted octanol–water partition coefficient (Wildman–Crippen LogP) is 3.54. The van der Waals surface area contributed by atoms with Crippen LogP contribution in [0.25, 0.3) is 11.3 Å². The number of rotatable bonds is 3. The summed E-state index contributed by atoms with van der Waals surface area (Å²) < 4.78 is 0. The van der Waals surface area contributed by atoms with Crippen molar-refractivity contribution >= 4 is 5.82 Å². The molecule has 0 radical (unpaired) electrons. The van der Waals surface area contributed by atoms with E-state index in [0.717, 1.165) is 23.2 Å². The first-order chi connectivity index (χ1) is 8.97. The number of nitrogens with zero attached hydrogens (tertiary/aromatic N) is 2. The van der Waals surface area contributed by atoms with Gasteiger partial charge in [-0.25, -0.2) is 9.97 Å². The standard InChI is InChI=1S/C16H21N3/c1-10(2)8-13-6-5-7-14(9-13)15-11(3)16(17)19-12(4)18-15/h5-7,9-10H,8H2,1-4H3,(H2,17,18,19). The van der Waals surface area contributed by atoms with Gasteiger partial charge in [0.25, 0.3) is 0 Å². The molecule has 0 unspecified atom stereocenters. The van der Waals surface area contributed by atoms with Crippen LogP contribution in [0.3, 0.4) is 0 Å². The van der Waals surface area contributed by atoms with E-state index >= 15 is 0 Å². The van der Waals surface area contributed by atoms with Crippen LogP contribution in [0.2, 0.25) is 0 Å². The van der Waals surface area contributed by atoms with Crippen molar-refractivity contribution in [1.29, 1.82) is 0 Å². The average molecular weight is 255 g/mol. The molecule has 0 aliphatic carbocycles. The zero-order valence-corrected chi connectivity index (χ0v) is 12.1. The largest absolute Gasteiger partial charge is 0.383 e. The van der Waals surface area contributed by atoms with Crippen molar-refractivity contribution in [3.05, 3.63) is 41.2 Å². The van der Waals surface area contributed by atoms with E-state index in [2.05, 4.69) is 48.1 Å². The Hall–Kier alpha value is -1.90. The quantitative estimate of drug-likeness (QED) is 0.912. The lowest BCUT2D eigenvalue weighted by Gasteiger charge is -2.11. The van der Waals surface area contributed by atoms with Crippen molar-refractivity contribution in [2.45, 2.75) is 34.1 Å². The first-order valence-electron chi connectivity index (χ1n) is 6.67. The number of benzene rings is 1. The molecule has 0 saturated heterocycles. The molecule has 0 fully saturated rings. The second-order valence-electron chi connectivity index (χ2n) is 5.43. The molecule has 2 N–H and O–H groups in total. The van der Waals surface area contributed by atoms with Crippen LogP contribution in [0.1, 0.15) is 30.8 Å². The topological polar surface area (TPSA) is 51.8 Å². The summed E-state index contributed by atoms with van der Waals surface area (Å²) in [4.78, 5) is 8.73. The van der Waals surface area contributed by atoms with Crippen LogP contribution in [-0.2, 0) is 6.42 Å². The van der Waals surface area contributed by atoms with Crippen LogP contribution < -0.4 is 5.73 Å². The Morgan fingerprint density at radius 2 is 1.89 bits per heavy atom. The number of nitrogens with two attached hydrogens (primary N) is 1. The molecule has 3 nitrogen and oxygen atoms in total. The van der Waals surface area contributed by atoms with E-state index in [9.17, 15) is 0 Å². The average Bonchev–Trinajstić information content (AvgIpc) is 2.33. The smallest absolute Gasteiger partial charge is 0.130 e. The van der Waals surface area contributed by atoms with E-state index in [0.29, 0.717) is 17.6 Å². The predicted molar refractivity (Wildman–Crippen MR) is 79.9 cm³/mol. The zero-order chi connectivity index (χ0) is 14.0. The number of aryl methyl sites for hydroxylation is 1. The maximum Gasteiger partial charge on any atom is 0.130 e. The van der Waals surface area contributed by atoms with E-state index in [1.165, 1.54) is 5.56 Å². The Morgan fingerprint density at radius 1 is 1.16 bits per heavy atom. The minimum absolute atomic E-state index is 0.566. The molecule has 2 aromatic rings. The van der Waals surface area contributed by atoms with Gasteiger partial charge in [-0.2, -0.15) is 0 Å². The molecule has 0 aliphatic heterocycles. The molecule has 0 saturated carbocycles. The fourth-order valence-electron chi connectivity index (χ4n) is 2.25. The van der Waals surface area contributed by atoms with Crippen molar-refractivity contribution in [2.75, 3.05) is 5.73 Å².